The number of fused-ring (bicyclic) bond motifs is 1. The molecular weight excluding hydrogens is 456 g/mol. The van der Waals surface area contributed by atoms with E-state index in [1.165, 1.54) is 7.05 Å². The Morgan fingerprint density at radius 3 is 2.56 bits per heavy atom. The normalized spacial score (nSPS) is 16.6. The number of benzene rings is 2. The lowest BCUT2D eigenvalue weighted by atomic mass is 9.90. The molecule has 2 amide bonds. The van der Waals surface area contributed by atoms with Crippen molar-refractivity contribution in [3.63, 3.8) is 0 Å². The van der Waals surface area contributed by atoms with E-state index in [4.69, 9.17) is 21.7 Å². The van der Waals surface area contributed by atoms with Crippen molar-refractivity contribution >= 4 is 46.3 Å². The molecule has 2 unspecified atom stereocenters. The molecule has 2 aromatic rings. The minimum atomic E-state index is -1.11. The van der Waals surface area contributed by atoms with Gasteiger partial charge in [-0.3, -0.25) is 24.8 Å². The number of carbonyl (C=O) groups excluding carboxylic acids is 3. The van der Waals surface area contributed by atoms with E-state index in [2.05, 4.69) is 15.6 Å². The number of methoxy groups -OCH3 is 1. The molecule has 3 rings (SSSR count). The SMILES string of the molecule is CN=C(C)C(NC(=O)C(=N)C1CCCc2cc(OC)ccc2C1=O)C(=O)Nc1ccc(Cl)cc1. The summed E-state index contributed by atoms with van der Waals surface area (Å²) in [7, 11) is 3.07. The van der Waals surface area contributed by atoms with Crippen molar-refractivity contribution in [1.29, 1.82) is 5.41 Å². The van der Waals surface area contributed by atoms with Crippen molar-refractivity contribution < 1.29 is 19.1 Å². The molecule has 0 aromatic heterocycles. The first kappa shape index (κ1) is 25.1. The highest BCUT2D eigenvalue weighted by Gasteiger charge is 2.34. The fourth-order valence-corrected chi connectivity index (χ4v) is 3.96. The summed E-state index contributed by atoms with van der Waals surface area (Å²) in [5.41, 5.74) is 1.82. The Hall–Kier alpha value is -3.52. The van der Waals surface area contributed by atoms with Crippen LogP contribution in [0, 0.1) is 11.3 Å². The fourth-order valence-electron chi connectivity index (χ4n) is 3.84. The number of hydrogen-bond acceptors (Lipinski definition) is 6. The van der Waals surface area contributed by atoms with Gasteiger partial charge in [-0.05, 0) is 74.2 Å². The molecule has 3 N–H and O–H groups in total. The third-order valence-electron chi connectivity index (χ3n) is 5.85. The molecule has 9 heteroatoms. The van der Waals surface area contributed by atoms with E-state index >= 15 is 0 Å². The summed E-state index contributed by atoms with van der Waals surface area (Å²) in [5.74, 6) is -1.82. The Morgan fingerprint density at radius 2 is 1.91 bits per heavy atom. The lowest BCUT2D eigenvalue weighted by Gasteiger charge is -2.21. The number of ketones is 1. The summed E-state index contributed by atoms with van der Waals surface area (Å²) >= 11 is 5.89. The number of carbonyl (C=O) groups is 3. The molecule has 0 fully saturated rings. The number of ether oxygens (including phenoxy) is 1. The lowest BCUT2D eigenvalue weighted by molar-refractivity contribution is -0.121. The molecule has 0 heterocycles. The van der Waals surface area contributed by atoms with Gasteiger partial charge in [-0.25, -0.2) is 0 Å². The van der Waals surface area contributed by atoms with Crippen LogP contribution in [0.25, 0.3) is 0 Å². The number of nitrogens with one attached hydrogen (secondary N) is 3. The monoisotopic (exact) mass is 482 g/mol. The average molecular weight is 483 g/mol. The second kappa shape index (κ2) is 11.1. The number of anilines is 1. The van der Waals surface area contributed by atoms with Crippen molar-refractivity contribution in [1.82, 2.24) is 5.32 Å². The van der Waals surface area contributed by atoms with Crippen LogP contribution in [-0.2, 0) is 16.0 Å². The van der Waals surface area contributed by atoms with Crippen LogP contribution in [0.15, 0.2) is 47.5 Å². The first-order valence-electron chi connectivity index (χ1n) is 10.8. The topological polar surface area (TPSA) is 121 Å². The zero-order valence-corrected chi connectivity index (χ0v) is 20.0. The smallest absolute Gasteiger partial charge is 0.266 e. The van der Waals surface area contributed by atoms with Crippen LogP contribution >= 0.6 is 11.6 Å². The van der Waals surface area contributed by atoms with Crippen LogP contribution in [-0.4, -0.2) is 49.2 Å². The summed E-state index contributed by atoms with van der Waals surface area (Å²) in [4.78, 5) is 43.1. The number of rotatable bonds is 7. The van der Waals surface area contributed by atoms with Crippen molar-refractivity contribution in [2.75, 3.05) is 19.5 Å². The maximum atomic E-state index is 13.2. The molecule has 1 aliphatic carbocycles. The minimum Gasteiger partial charge on any atom is -0.497 e. The highest BCUT2D eigenvalue weighted by molar-refractivity contribution is 6.43. The van der Waals surface area contributed by atoms with Gasteiger partial charge in [0.2, 0.25) is 0 Å². The van der Waals surface area contributed by atoms with Gasteiger partial charge in [-0.15, -0.1) is 0 Å². The van der Waals surface area contributed by atoms with Gasteiger partial charge in [-0.1, -0.05) is 11.6 Å². The molecule has 0 saturated carbocycles. The first-order chi connectivity index (χ1) is 16.2. The predicted molar refractivity (Wildman–Crippen MR) is 133 cm³/mol. The van der Waals surface area contributed by atoms with Gasteiger partial charge in [0.15, 0.2) is 5.78 Å². The van der Waals surface area contributed by atoms with E-state index in [1.54, 1.807) is 50.4 Å². The van der Waals surface area contributed by atoms with Gasteiger partial charge < -0.3 is 15.4 Å². The van der Waals surface area contributed by atoms with Crippen LogP contribution in [0.4, 0.5) is 5.69 Å². The molecule has 34 heavy (non-hydrogen) atoms. The summed E-state index contributed by atoms with van der Waals surface area (Å²) in [6.07, 6.45) is 1.66. The van der Waals surface area contributed by atoms with Crippen molar-refractivity contribution in [3.05, 3.63) is 58.6 Å². The van der Waals surface area contributed by atoms with Gasteiger partial charge in [0.05, 0.1) is 13.0 Å². The molecule has 2 atom stereocenters. The highest BCUT2D eigenvalue weighted by atomic mass is 35.5. The lowest BCUT2D eigenvalue weighted by Crippen LogP contribution is -2.51. The molecule has 0 aliphatic heterocycles. The maximum Gasteiger partial charge on any atom is 0.266 e. The van der Waals surface area contributed by atoms with Gasteiger partial charge in [0.1, 0.15) is 17.5 Å². The third kappa shape index (κ3) is 5.69. The molecule has 178 valence electrons. The van der Waals surface area contributed by atoms with Crippen LogP contribution < -0.4 is 15.4 Å². The number of nitrogens with zero attached hydrogens (tertiary/aromatic N) is 1. The van der Waals surface area contributed by atoms with Crippen LogP contribution in [0.2, 0.25) is 5.02 Å². The summed E-state index contributed by atoms with van der Waals surface area (Å²) in [6, 6.07) is 10.6. The molecule has 0 radical (unpaired) electrons. The van der Waals surface area contributed by atoms with E-state index < -0.39 is 23.8 Å². The first-order valence-corrected chi connectivity index (χ1v) is 11.2. The predicted octanol–water partition coefficient (Wildman–Crippen LogP) is 3.72. The largest absolute Gasteiger partial charge is 0.497 e. The molecule has 0 bridgehead atoms. The van der Waals surface area contributed by atoms with Gasteiger partial charge in [0.25, 0.3) is 11.8 Å². The van der Waals surface area contributed by atoms with Crippen molar-refractivity contribution in [2.24, 2.45) is 10.9 Å². The number of amides is 2. The highest BCUT2D eigenvalue weighted by Crippen LogP contribution is 2.28. The van der Waals surface area contributed by atoms with Gasteiger partial charge in [-0.2, -0.15) is 0 Å². The van der Waals surface area contributed by atoms with E-state index in [1.807, 2.05) is 6.07 Å². The van der Waals surface area contributed by atoms with E-state index in [-0.39, 0.29) is 11.5 Å². The van der Waals surface area contributed by atoms with Crippen molar-refractivity contribution in [2.45, 2.75) is 32.2 Å². The quantitative estimate of drug-likeness (QED) is 0.411. The average Bonchev–Trinajstić information content (AvgIpc) is 3.00. The second-order valence-electron chi connectivity index (χ2n) is 8.01. The zero-order chi connectivity index (χ0) is 24.8. The number of aryl methyl sites for hydroxylation is 1. The molecule has 8 nitrogen and oxygen atoms in total. The van der Waals surface area contributed by atoms with E-state index in [9.17, 15) is 14.4 Å². The summed E-state index contributed by atoms with van der Waals surface area (Å²) in [5, 5.41) is 14.3. The van der Waals surface area contributed by atoms with Crippen LogP contribution in [0.5, 0.6) is 5.75 Å². The number of hydrogen-bond donors (Lipinski definition) is 3. The standard InChI is InChI=1S/C25H27ClN4O4/c1-14(28-2)22(25(33)29-17-9-7-16(26)8-10-17)30-24(32)21(27)20-6-4-5-15-13-18(34-3)11-12-19(15)23(20)31/h7-13,20,22,27H,4-6H2,1-3H3,(H,29,33)(H,30,32). The van der Waals surface area contributed by atoms with Crippen LogP contribution in [0.1, 0.15) is 35.7 Å². The summed E-state index contributed by atoms with van der Waals surface area (Å²) in [6.45, 7) is 1.61. The molecule has 0 spiro atoms. The van der Waals surface area contributed by atoms with Crippen molar-refractivity contribution in [3.8, 4) is 5.75 Å². The number of halogens is 1. The van der Waals surface area contributed by atoms with E-state index in [0.717, 1.165) is 5.56 Å². The molecule has 0 saturated heterocycles. The molecule has 1 aliphatic rings. The Balaban J connectivity index is 1.76. The zero-order valence-electron chi connectivity index (χ0n) is 19.3. The third-order valence-corrected chi connectivity index (χ3v) is 6.10. The Kier molecular flexibility index (Phi) is 8.17. The van der Waals surface area contributed by atoms with Crippen LogP contribution in [0.3, 0.4) is 0 Å². The molecular formula is C25H27ClN4O4. The van der Waals surface area contributed by atoms with Gasteiger partial charge in [0, 0.05) is 29.0 Å². The summed E-state index contributed by atoms with van der Waals surface area (Å²) < 4.78 is 5.24. The molecule has 2 aromatic carbocycles. The van der Waals surface area contributed by atoms with Gasteiger partial charge >= 0.3 is 0 Å². The Morgan fingerprint density at radius 1 is 1.21 bits per heavy atom. The van der Waals surface area contributed by atoms with E-state index in [0.29, 0.717) is 47.0 Å². The Labute approximate surface area is 203 Å². The Bertz CT molecular complexity index is 1140. The fraction of sp³-hybridized carbons (Fsp3) is 0.320. The minimum absolute atomic E-state index is 0.279. The number of aliphatic imine (C=N–C) groups is 1. The maximum absolute atomic E-state index is 13.2. The second-order valence-corrected chi connectivity index (χ2v) is 8.45. The number of Topliss-reactive ketones (excluding diaryl/α,β-unsaturated/α-hetero) is 1.